The van der Waals surface area contributed by atoms with Gasteiger partial charge in [-0.25, -0.2) is 0 Å². The predicted molar refractivity (Wildman–Crippen MR) is 36.1 cm³/mol. The summed E-state index contributed by atoms with van der Waals surface area (Å²) in [6.45, 7) is 3.53. The highest BCUT2D eigenvalue weighted by Crippen LogP contribution is 2.29. The van der Waals surface area contributed by atoms with Gasteiger partial charge in [0.1, 0.15) is 0 Å². The topological polar surface area (TPSA) is 24.1 Å². The van der Waals surface area contributed by atoms with Crippen molar-refractivity contribution in [3.05, 3.63) is 0 Å². The van der Waals surface area contributed by atoms with E-state index in [0.29, 0.717) is 4.87 Å². The summed E-state index contributed by atoms with van der Waals surface area (Å²) in [7, 11) is 0. The summed E-state index contributed by atoms with van der Waals surface area (Å²) in [6.07, 6.45) is 0. The molecule has 8 heavy (non-hydrogen) atoms. The number of hydrogen-bond acceptors (Lipinski definition) is 3. The highest BCUT2D eigenvalue weighted by Gasteiger charge is 2.39. The van der Waals surface area contributed by atoms with Crippen molar-refractivity contribution in [2.75, 3.05) is 25.4 Å². The second-order valence-corrected chi connectivity index (χ2v) is 3.85. The first-order valence-corrected chi connectivity index (χ1v) is 4.00. The molecule has 2 nitrogen and oxygen atoms in total. The molecule has 2 N–H and O–H groups in total. The lowest BCUT2D eigenvalue weighted by molar-refractivity contribution is 0.347. The molecular weight excluding hydrogens is 120 g/mol. The van der Waals surface area contributed by atoms with Gasteiger partial charge in [-0.15, -0.1) is 11.8 Å². The van der Waals surface area contributed by atoms with Crippen molar-refractivity contribution in [1.29, 1.82) is 0 Å². The van der Waals surface area contributed by atoms with Gasteiger partial charge < -0.3 is 5.32 Å². The molecule has 0 radical (unpaired) electrons. The lowest BCUT2D eigenvalue weighted by Crippen LogP contribution is -2.62. The summed E-state index contributed by atoms with van der Waals surface area (Å²) >= 11 is 2.06. The van der Waals surface area contributed by atoms with E-state index in [-0.39, 0.29) is 0 Å². The monoisotopic (exact) mass is 130 g/mol. The molecule has 0 atom stereocenters. The van der Waals surface area contributed by atoms with Crippen molar-refractivity contribution in [2.24, 2.45) is 0 Å². The Kier molecular flexibility index (Phi) is 1.03. The highest BCUT2D eigenvalue weighted by molar-refractivity contribution is 8.01. The average molecular weight is 130 g/mol. The Morgan fingerprint density at radius 1 is 1.38 bits per heavy atom. The molecule has 0 unspecified atom stereocenters. The first kappa shape index (κ1) is 5.09. The summed E-state index contributed by atoms with van der Waals surface area (Å²) in [5, 5.41) is 6.73. The fourth-order valence-corrected chi connectivity index (χ4v) is 2.36. The molecule has 0 aromatic carbocycles. The van der Waals surface area contributed by atoms with Crippen LogP contribution in [0.25, 0.3) is 0 Å². The van der Waals surface area contributed by atoms with Gasteiger partial charge in [0.2, 0.25) is 0 Å². The van der Waals surface area contributed by atoms with E-state index in [4.69, 9.17) is 0 Å². The second-order valence-electron chi connectivity index (χ2n) is 2.37. The summed E-state index contributed by atoms with van der Waals surface area (Å²) < 4.78 is 0. The quantitative estimate of drug-likeness (QED) is 0.467. The first-order chi connectivity index (χ1) is 3.91. The van der Waals surface area contributed by atoms with Crippen LogP contribution in [0.2, 0.25) is 0 Å². The van der Waals surface area contributed by atoms with E-state index < -0.39 is 0 Å². The number of rotatable bonds is 0. The van der Waals surface area contributed by atoms with Crippen LogP contribution in [0.3, 0.4) is 0 Å². The third kappa shape index (κ3) is 0.584. The first-order valence-electron chi connectivity index (χ1n) is 3.01. The van der Waals surface area contributed by atoms with Crippen molar-refractivity contribution in [3.63, 3.8) is 0 Å². The van der Waals surface area contributed by atoms with Gasteiger partial charge in [0.05, 0.1) is 4.87 Å². The van der Waals surface area contributed by atoms with Crippen molar-refractivity contribution >= 4 is 11.8 Å². The molecule has 0 bridgehead atoms. The van der Waals surface area contributed by atoms with Crippen LogP contribution < -0.4 is 10.6 Å². The number of hydrogen-bond donors (Lipinski definition) is 2. The second kappa shape index (κ2) is 1.62. The van der Waals surface area contributed by atoms with Crippen LogP contribution in [0.5, 0.6) is 0 Å². The van der Waals surface area contributed by atoms with Gasteiger partial charge in [0.25, 0.3) is 0 Å². The maximum Gasteiger partial charge on any atom is 0.0897 e. The molecule has 0 aromatic heterocycles. The Hall–Kier alpha value is 0.270. The predicted octanol–water partition coefficient (Wildman–Crippen LogP) is -0.378. The van der Waals surface area contributed by atoms with Crippen molar-refractivity contribution < 1.29 is 0 Å². The van der Waals surface area contributed by atoms with Crippen LogP contribution in [0, 0.1) is 0 Å². The summed E-state index contributed by atoms with van der Waals surface area (Å²) in [5.41, 5.74) is 0. The third-order valence-corrected chi connectivity index (χ3v) is 3.14. The van der Waals surface area contributed by atoms with E-state index >= 15 is 0 Å². The van der Waals surface area contributed by atoms with Crippen LogP contribution in [0.4, 0.5) is 0 Å². The SMILES string of the molecule is C1CSC2(CNC2)N1. The van der Waals surface area contributed by atoms with E-state index in [1.165, 1.54) is 12.3 Å². The average Bonchev–Trinajstić information content (AvgIpc) is 2.07. The van der Waals surface area contributed by atoms with Gasteiger partial charge in [-0.3, -0.25) is 5.32 Å². The molecule has 2 aliphatic heterocycles. The minimum atomic E-state index is 0.472. The Balaban J connectivity index is 2.01. The minimum Gasteiger partial charge on any atom is -0.311 e. The van der Waals surface area contributed by atoms with Crippen LogP contribution in [0.1, 0.15) is 0 Å². The molecule has 46 valence electrons. The number of nitrogens with one attached hydrogen (secondary N) is 2. The zero-order valence-corrected chi connectivity index (χ0v) is 5.55. The van der Waals surface area contributed by atoms with Crippen LogP contribution in [0.15, 0.2) is 0 Å². The van der Waals surface area contributed by atoms with E-state index in [0.717, 1.165) is 13.1 Å². The summed E-state index contributed by atoms with van der Waals surface area (Å²) in [5.74, 6) is 1.29. The number of thioether (sulfide) groups is 1. The smallest absolute Gasteiger partial charge is 0.0897 e. The standard InChI is InChI=1S/C5H10N2S/c1-2-8-5(7-1)3-6-4-5/h6-7H,1-4H2. The summed E-state index contributed by atoms with van der Waals surface area (Å²) in [4.78, 5) is 0.472. The fourth-order valence-electron chi connectivity index (χ4n) is 1.16. The molecule has 1 spiro atoms. The lowest BCUT2D eigenvalue weighted by Gasteiger charge is -2.38. The van der Waals surface area contributed by atoms with Crippen molar-refractivity contribution in [2.45, 2.75) is 4.87 Å². The molecule has 2 rings (SSSR count). The van der Waals surface area contributed by atoms with Gasteiger partial charge in [0.15, 0.2) is 0 Å². The maximum atomic E-state index is 3.47. The van der Waals surface area contributed by atoms with Gasteiger partial charge in [-0.2, -0.15) is 0 Å². The molecule has 0 aliphatic carbocycles. The molecular formula is C5H10N2S. The Bertz CT molecular complexity index is 92.6. The Morgan fingerprint density at radius 3 is 2.50 bits per heavy atom. The van der Waals surface area contributed by atoms with E-state index in [2.05, 4.69) is 22.4 Å². The molecule has 2 fully saturated rings. The van der Waals surface area contributed by atoms with E-state index in [1.54, 1.807) is 0 Å². The van der Waals surface area contributed by atoms with E-state index in [9.17, 15) is 0 Å². The fraction of sp³-hybridized carbons (Fsp3) is 1.00. The van der Waals surface area contributed by atoms with E-state index in [1.807, 2.05) is 0 Å². The highest BCUT2D eigenvalue weighted by atomic mass is 32.2. The zero-order chi connectivity index (χ0) is 5.45. The lowest BCUT2D eigenvalue weighted by atomic mass is 10.2. The molecule has 0 aromatic rings. The zero-order valence-electron chi connectivity index (χ0n) is 4.74. The van der Waals surface area contributed by atoms with Gasteiger partial charge in [-0.1, -0.05) is 0 Å². The molecule has 2 saturated heterocycles. The molecule has 0 amide bonds. The summed E-state index contributed by atoms with van der Waals surface area (Å²) in [6, 6.07) is 0. The van der Waals surface area contributed by atoms with Gasteiger partial charge in [0, 0.05) is 25.4 Å². The van der Waals surface area contributed by atoms with Crippen molar-refractivity contribution in [1.82, 2.24) is 10.6 Å². The van der Waals surface area contributed by atoms with Gasteiger partial charge in [-0.05, 0) is 0 Å². The van der Waals surface area contributed by atoms with Crippen LogP contribution in [-0.4, -0.2) is 30.3 Å². The third-order valence-electron chi connectivity index (χ3n) is 1.75. The molecule has 2 heterocycles. The van der Waals surface area contributed by atoms with Crippen LogP contribution in [-0.2, 0) is 0 Å². The van der Waals surface area contributed by atoms with Gasteiger partial charge >= 0.3 is 0 Å². The molecule has 3 heteroatoms. The minimum absolute atomic E-state index is 0.472. The largest absolute Gasteiger partial charge is 0.311 e. The normalized spacial score (nSPS) is 33.0. The molecule has 2 aliphatic rings. The molecule has 0 saturated carbocycles. The maximum absolute atomic E-state index is 3.47. The van der Waals surface area contributed by atoms with Crippen LogP contribution >= 0.6 is 11.8 Å². The van der Waals surface area contributed by atoms with Crippen molar-refractivity contribution in [3.8, 4) is 0 Å². The Morgan fingerprint density at radius 2 is 2.25 bits per heavy atom. The Labute approximate surface area is 53.4 Å².